The van der Waals surface area contributed by atoms with Crippen molar-refractivity contribution in [3.05, 3.63) is 35.8 Å². The maximum Gasteiger partial charge on any atom is 0.228 e. The molecule has 5 heteroatoms. The minimum Gasteiger partial charge on any atom is -0.374 e. The third-order valence-corrected chi connectivity index (χ3v) is 5.40. The number of amides is 1. The highest BCUT2D eigenvalue weighted by atomic mass is 19.1. The van der Waals surface area contributed by atoms with Crippen LogP contribution in [0.4, 0.5) is 4.39 Å². The summed E-state index contributed by atoms with van der Waals surface area (Å²) >= 11 is 0. The van der Waals surface area contributed by atoms with Gasteiger partial charge in [-0.2, -0.15) is 0 Å². The predicted octanol–water partition coefficient (Wildman–Crippen LogP) is 2.92. The Balaban J connectivity index is 1.39. The number of carbonyl (C=O) groups is 1. The van der Waals surface area contributed by atoms with E-state index in [4.69, 9.17) is 4.74 Å². The summed E-state index contributed by atoms with van der Waals surface area (Å²) in [6.45, 7) is 2.59. The van der Waals surface area contributed by atoms with Crippen LogP contribution in [0.25, 0.3) is 10.9 Å². The van der Waals surface area contributed by atoms with Gasteiger partial charge in [-0.1, -0.05) is 0 Å². The highest BCUT2D eigenvalue weighted by molar-refractivity contribution is 5.84. The lowest BCUT2D eigenvalue weighted by Crippen LogP contribution is -2.45. The van der Waals surface area contributed by atoms with Crippen LogP contribution in [-0.4, -0.2) is 29.6 Å². The molecular formula is C18H21FN2O2. The highest BCUT2D eigenvalue weighted by Crippen LogP contribution is 2.47. The van der Waals surface area contributed by atoms with Crippen molar-refractivity contribution in [1.29, 1.82) is 0 Å². The Hall–Kier alpha value is -1.88. The van der Waals surface area contributed by atoms with Crippen molar-refractivity contribution in [2.75, 3.05) is 6.54 Å². The average Bonchev–Trinajstić information content (AvgIpc) is 3.21. The molecule has 2 N–H and O–H groups in total. The van der Waals surface area contributed by atoms with Gasteiger partial charge in [-0.25, -0.2) is 4.39 Å². The molecule has 1 amide bonds. The summed E-state index contributed by atoms with van der Waals surface area (Å²) in [6.07, 6.45) is 5.85. The van der Waals surface area contributed by atoms with Gasteiger partial charge in [0, 0.05) is 23.6 Å². The fraction of sp³-hybridized carbons (Fsp3) is 0.500. The Morgan fingerprint density at radius 2 is 2.35 bits per heavy atom. The fourth-order valence-electron chi connectivity index (χ4n) is 4.05. The number of halogens is 1. The van der Waals surface area contributed by atoms with E-state index in [1.54, 1.807) is 6.07 Å². The number of hydrogen-bond acceptors (Lipinski definition) is 2. The molecule has 3 heterocycles. The van der Waals surface area contributed by atoms with E-state index >= 15 is 0 Å². The molecule has 0 spiro atoms. The summed E-state index contributed by atoms with van der Waals surface area (Å²) in [4.78, 5) is 15.6. The van der Waals surface area contributed by atoms with Crippen molar-refractivity contribution < 1.29 is 13.9 Å². The average molecular weight is 316 g/mol. The molecule has 0 unspecified atom stereocenters. The van der Waals surface area contributed by atoms with Gasteiger partial charge in [0.1, 0.15) is 5.82 Å². The fourth-order valence-corrected chi connectivity index (χ4v) is 4.05. The predicted molar refractivity (Wildman–Crippen MR) is 85.6 cm³/mol. The summed E-state index contributed by atoms with van der Waals surface area (Å²) in [5, 5.41) is 4.07. The summed E-state index contributed by atoms with van der Waals surface area (Å²) < 4.78 is 19.0. The molecule has 0 saturated carbocycles. The summed E-state index contributed by atoms with van der Waals surface area (Å²) in [7, 11) is 0. The zero-order chi connectivity index (χ0) is 16.0. The van der Waals surface area contributed by atoms with Crippen molar-refractivity contribution in [3.8, 4) is 0 Å². The number of aromatic nitrogens is 1. The van der Waals surface area contributed by atoms with Gasteiger partial charge >= 0.3 is 0 Å². The second-order valence-electron chi connectivity index (χ2n) is 6.96. The molecule has 1 aromatic heterocycles. The number of hydrogen-bond donors (Lipinski definition) is 2. The van der Waals surface area contributed by atoms with Crippen LogP contribution in [0.5, 0.6) is 0 Å². The van der Waals surface area contributed by atoms with Crippen LogP contribution in [0.1, 0.15) is 31.7 Å². The highest BCUT2D eigenvalue weighted by Gasteiger charge is 2.53. The van der Waals surface area contributed by atoms with Crippen molar-refractivity contribution in [2.45, 2.75) is 44.8 Å². The Morgan fingerprint density at radius 1 is 1.48 bits per heavy atom. The molecule has 1 aromatic carbocycles. The van der Waals surface area contributed by atoms with Gasteiger partial charge in [-0.05, 0) is 56.4 Å². The molecular weight excluding hydrogens is 295 g/mol. The third kappa shape index (κ3) is 2.43. The number of carbonyl (C=O) groups excluding carboxylic acids is 1. The molecule has 2 bridgehead atoms. The smallest absolute Gasteiger partial charge is 0.228 e. The van der Waals surface area contributed by atoms with Crippen molar-refractivity contribution in [2.24, 2.45) is 5.41 Å². The first-order valence-corrected chi connectivity index (χ1v) is 8.25. The normalized spacial score (nSPS) is 29.3. The zero-order valence-electron chi connectivity index (χ0n) is 13.2. The first-order valence-electron chi connectivity index (χ1n) is 8.25. The Bertz CT molecular complexity index is 757. The Morgan fingerprint density at radius 3 is 3.09 bits per heavy atom. The zero-order valence-corrected chi connectivity index (χ0v) is 13.2. The van der Waals surface area contributed by atoms with Crippen LogP contribution in [-0.2, 0) is 16.0 Å². The SMILES string of the molecule is C[C@]1(C(=O)NCCc2c[nH]c3cc(F)ccc23)C[C@H]2CC[C@H]1O2. The molecule has 2 aromatic rings. The maximum absolute atomic E-state index is 13.2. The van der Waals surface area contributed by atoms with Crippen LogP contribution >= 0.6 is 0 Å². The van der Waals surface area contributed by atoms with Crippen molar-refractivity contribution in [1.82, 2.24) is 10.3 Å². The minimum atomic E-state index is -0.383. The molecule has 2 fully saturated rings. The molecule has 0 radical (unpaired) electrons. The molecule has 4 nitrogen and oxygen atoms in total. The molecule has 2 saturated heterocycles. The number of fused-ring (bicyclic) bond motifs is 3. The van der Waals surface area contributed by atoms with Crippen LogP contribution < -0.4 is 5.32 Å². The lowest BCUT2D eigenvalue weighted by molar-refractivity contribution is -0.132. The summed E-state index contributed by atoms with van der Waals surface area (Å²) in [5.74, 6) is -0.154. The van der Waals surface area contributed by atoms with E-state index in [1.165, 1.54) is 12.1 Å². The molecule has 122 valence electrons. The molecule has 23 heavy (non-hydrogen) atoms. The molecule has 2 aliphatic rings. The number of ether oxygens (including phenoxy) is 1. The van der Waals surface area contributed by atoms with Crippen molar-refractivity contribution >= 4 is 16.8 Å². The number of rotatable bonds is 4. The molecule has 0 aliphatic carbocycles. The number of benzene rings is 1. The summed E-state index contributed by atoms with van der Waals surface area (Å²) in [6, 6.07) is 4.74. The van der Waals surface area contributed by atoms with Gasteiger partial charge in [0.25, 0.3) is 0 Å². The van der Waals surface area contributed by atoms with E-state index in [1.807, 2.05) is 13.1 Å². The number of H-pyrrole nitrogens is 1. The van der Waals surface area contributed by atoms with Gasteiger partial charge in [-0.15, -0.1) is 0 Å². The van der Waals surface area contributed by atoms with E-state index < -0.39 is 0 Å². The number of aromatic amines is 1. The lowest BCUT2D eigenvalue weighted by Gasteiger charge is -2.29. The van der Waals surface area contributed by atoms with Gasteiger partial charge in [0.05, 0.1) is 17.6 Å². The minimum absolute atomic E-state index is 0.0727. The van der Waals surface area contributed by atoms with E-state index in [0.29, 0.717) is 6.54 Å². The maximum atomic E-state index is 13.2. The standard InChI is InChI=1S/C18H21FN2O2/c1-18(9-13-3-5-16(18)23-13)17(22)20-7-6-11-10-21-15-8-12(19)2-4-14(11)15/h2,4,8,10,13,16,21H,3,5-7,9H2,1H3,(H,20,22)/t13-,16-,18+/m1/s1. The Labute approximate surface area is 134 Å². The molecule has 2 aliphatic heterocycles. The lowest BCUT2D eigenvalue weighted by atomic mass is 9.75. The van der Waals surface area contributed by atoms with Gasteiger partial charge in [0.15, 0.2) is 0 Å². The first-order chi connectivity index (χ1) is 11.1. The van der Waals surface area contributed by atoms with Gasteiger partial charge < -0.3 is 15.0 Å². The topological polar surface area (TPSA) is 54.1 Å². The van der Waals surface area contributed by atoms with Crippen LogP contribution in [0.2, 0.25) is 0 Å². The first kappa shape index (κ1) is 14.7. The van der Waals surface area contributed by atoms with Gasteiger partial charge in [0.2, 0.25) is 5.91 Å². The third-order valence-electron chi connectivity index (χ3n) is 5.40. The second-order valence-corrected chi connectivity index (χ2v) is 6.96. The molecule has 4 rings (SSSR count). The number of nitrogens with one attached hydrogen (secondary N) is 2. The second kappa shape index (κ2) is 5.34. The monoisotopic (exact) mass is 316 g/mol. The van der Waals surface area contributed by atoms with Gasteiger partial charge in [-0.3, -0.25) is 4.79 Å². The van der Waals surface area contributed by atoms with E-state index in [-0.39, 0.29) is 29.3 Å². The quantitative estimate of drug-likeness (QED) is 0.911. The van der Waals surface area contributed by atoms with Crippen LogP contribution in [0.15, 0.2) is 24.4 Å². The summed E-state index contributed by atoms with van der Waals surface area (Å²) in [5.41, 5.74) is 1.50. The largest absolute Gasteiger partial charge is 0.374 e. The van der Waals surface area contributed by atoms with Crippen LogP contribution in [0.3, 0.4) is 0 Å². The van der Waals surface area contributed by atoms with E-state index in [0.717, 1.165) is 42.1 Å². The van der Waals surface area contributed by atoms with E-state index in [9.17, 15) is 9.18 Å². The van der Waals surface area contributed by atoms with Crippen LogP contribution in [0, 0.1) is 11.2 Å². The Kier molecular flexibility index (Phi) is 3.41. The van der Waals surface area contributed by atoms with Crippen molar-refractivity contribution in [3.63, 3.8) is 0 Å². The van der Waals surface area contributed by atoms with E-state index in [2.05, 4.69) is 10.3 Å². The molecule has 3 atom stereocenters.